The number of aromatic nitrogens is 1. The molecule has 1 N–H and O–H groups in total. The lowest BCUT2D eigenvalue weighted by Gasteiger charge is -2.17. The normalized spacial score (nSPS) is 18.3. The van der Waals surface area contributed by atoms with Crippen LogP contribution >= 0.6 is 0 Å². The summed E-state index contributed by atoms with van der Waals surface area (Å²) in [7, 11) is 1.57. The van der Waals surface area contributed by atoms with Crippen molar-refractivity contribution >= 4 is 45.6 Å². The molecule has 0 saturated heterocycles. The van der Waals surface area contributed by atoms with E-state index in [1.807, 2.05) is 50.2 Å². The SMILES string of the molecule is CCCN1C(=O)C(c2c[nH]c3ccc(OC)cc23)=C(C2C(=O)N(c3ccccc3)N=C2CC)C1=O. The molecule has 8 heteroatoms. The van der Waals surface area contributed by atoms with Crippen LogP contribution in [0.25, 0.3) is 16.5 Å². The van der Waals surface area contributed by atoms with Crippen LogP contribution in [0.2, 0.25) is 0 Å². The number of rotatable bonds is 7. The summed E-state index contributed by atoms with van der Waals surface area (Å²) >= 11 is 0. The second-order valence-corrected chi connectivity index (χ2v) is 8.53. The number of hydrogen-bond acceptors (Lipinski definition) is 5. The number of fused-ring (bicyclic) bond motifs is 1. The van der Waals surface area contributed by atoms with Crippen LogP contribution in [0, 0.1) is 5.92 Å². The maximum atomic E-state index is 13.7. The summed E-state index contributed by atoms with van der Waals surface area (Å²) in [5.74, 6) is -1.46. The van der Waals surface area contributed by atoms with E-state index in [0.717, 1.165) is 10.9 Å². The minimum Gasteiger partial charge on any atom is -0.497 e. The molecule has 3 heterocycles. The summed E-state index contributed by atoms with van der Waals surface area (Å²) in [4.78, 5) is 45.5. The van der Waals surface area contributed by atoms with Crippen molar-refractivity contribution in [1.29, 1.82) is 0 Å². The molecule has 5 rings (SSSR count). The number of carbonyl (C=O) groups excluding carboxylic acids is 3. The predicted molar refractivity (Wildman–Crippen MR) is 134 cm³/mol. The van der Waals surface area contributed by atoms with Crippen LogP contribution in [0.3, 0.4) is 0 Å². The van der Waals surface area contributed by atoms with Gasteiger partial charge in [-0.15, -0.1) is 0 Å². The smallest absolute Gasteiger partial charge is 0.261 e. The molecule has 2 aromatic carbocycles. The van der Waals surface area contributed by atoms with Gasteiger partial charge in [0.2, 0.25) is 0 Å². The molecule has 2 aliphatic heterocycles. The maximum Gasteiger partial charge on any atom is 0.261 e. The molecule has 1 unspecified atom stereocenters. The summed E-state index contributed by atoms with van der Waals surface area (Å²) in [5.41, 5.74) is 2.99. The van der Waals surface area contributed by atoms with Crippen molar-refractivity contribution in [3.05, 3.63) is 65.9 Å². The summed E-state index contributed by atoms with van der Waals surface area (Å²) in [6.45, 7) is 4.08. The highest BCUT2D eigenvalue weighted by atomic mass is 16.5. The highest BCUT2D eigenvalue weighted by Gasteiger charge is 2.49. The molecule has 1 aromatic heterocycles. The van der Waals surface area contributed by atoms with Gasteiger partial charge in [0.1, 0.15) is 11.7 Å². The molecule has 3 aromatic rings. The topological polar surface area (TPSA) is 95.1 Å². The number of nitrogens with zero attached hydrogens (tertiary/aromatic N) is 3. The molecule has 178 valence electrons. The summed E-state index contributed by atoms with van der Waals surface area (Å²) < 4.78 is 5.39. The molecule has 0 aliphatic carbocycles. The first-order chi connectivity index (χ1) is 17.0. The van der Waals surface area contributed by atoms with E-state index in [0.29, 0.717) is 35.6 Å². The molecule has 1 atom stereocenters. The van der Waals surface area contributed by atoms with Gasteiger partial charge in [0.25, 0.3) is 17.7 Å². The van der Waals surface area contributed by atoms with Crippen LogP contribution < -0.4 is 9.75 Å². The lowest BCUT2D eigenvalue weighted by atomic mass is 9.87. The van der Waals surface area contributed by atoms with Crippen LogP contribution in [0.5, 0.6) is 5.75 Å². The van der Waals surface area contributed by atoms with Crippen LogP contribution in [0.1, 0.15) is 32.3 Å². The zero-order valence-corrected chi connectivity index (χ0v) is 19.9. The fourth-order valence-corrected chi connectivity index (χ4v) is 4.80. The van der Waals surface area contributed by atoms with Gasteiger partial charge in [0.15, 0.2) is 0 Å². The quantitative estimate of drug-likeness (QED) is 0.525. The first-order valence-corrected chi connectivity index (χ1v) is 11.7. The molecule has 0 fully saturated rings. The van der Waals surface area contributed by atoms with Crippen molar-refractivity contribution in [1.82, 2.24) is 9.88 Å². The molecule has 0 saturated carbocycles. The Hall–Kier alpha value is -4.20. The van der Waals surface area contributed by atoms with Gasteiger partial charge in [-0.1, -0.05) is 32.0 Å². The monoisotopic (exact) mass is 470 g/mol. The van der Waals surface area contributed by atoms with Gasteiger partial charge < -0.3 is 9.72 Å². The van der Waals surface area contributed by atoms with Crippen LogP contribution in [-0.2, 0) is 14.4 Å². The second kappa shape index (κ2) is 8.87. The van der Waals surface area contributed by atoms with E-state index in [9.17, 15) is 14.4 Å². The minimum absolute atomic E-state index is 0.191. The van der Waals surface area contributed by atoms with Gasteiger partial charge >= 0.3 is 0 Å². The first-order valence-electron chi connectivity index (χ1n) is 11.7. The zero-order valence-electron chi connectivity index (χ0n) is 19.9. The number of methoxy groups -OCH3 is 1. The third kappa shape index (κ3) is 3.53. The number of hydrazone groups is 1. The van der Waals surface area contributed by atoms with Crippen molar-refractivity contribution in [3.8, 4) is 5.75 Å². The number of imide groups is 1. The third-order valence-electron chi connectivity index (χ3n) is 6.48. The summed E-state index contributed by atoms with van der Waals surface area (Å²) in [5, 5.41) is 6.66. The van der Waals surface area contributed by atoms with E-state index in [1.165, 1.54) is 9.91 Å². The van der Waals surface area contributed by atoms with Gasteiger partial charge in [0.05, 0.1) is 24.1 Å². The average molecular weight is 471 g/mol. The Kier molecular flexibility index (Phi) is 5.72. The number of H-pyrrole nitrogens is 1. The zero-order chi connectivity index (χ0) is 24.7. The van der Waals surface area contributed by atoms with E-state index in [2.05, 4.69) is 10.1 Å². The second-order valence-electron chi connectivity index (χ2n) is 8.53. The number of amides is 3. The fraction of sp³-hybridized carbons (Fsp3) is 0.259. The molecule has 2 aliphatic rings. The number of anilines is 1. The van der Waals surface area contributed by atoms with Crippen molar-refractivity contribution in [2.75, 3.05) is 18.7 Å². The standard InChI is InChI=1S/C27H26N4O4/c1-4-13-30-25(32)22(19-15-28-21-12-11-17(35-3)14-18(19)21)24(26(30)33)23-20(5-2)29-31(27(23)34)16-9-7-6-8-10-16/h6-12,14-15,23,28H,4-5,13H2,1-3H3. The van der Waals surface area contributed by atoms with Crippen LogP contribution in [0.15, 0.2) is 65.4 Å². The van der Waals surface area contributed by atoms with E-state index >= 15 is 0 Å². The van der Waals surface area contributed by atoms with Crippen molar-refractivity contribution in [2.45, 2.75) is 26.7 Å². The Morgan fingerprint density at radius 2 is 1.80 bits per heavy atom. The van der Waals surface area contributed by atoms with Crippen molar-refractivity contribution in [3.63, 3.8) is 0 Å². The van der Waals surface area contributed by atoms with E-state index in [-0.39, 0.29) is 23.6 Å². The van der Waals surface area contributed by atoms with Gasteiger partial charge in [-0.05, 0) is 43.2 Å². The number of benzene rings is 2. The van der Waals surface area contributed by atoms with Gasteiger partial charge in [-0.2, -0.15) is 10.1 Å². The highest BCUT2D eigenvalue weighted by molar-refractivity contribution is 6.40. The minimum atomic E-state index is -0.927. The van der Waals surface area contributed by atoms with E-state index < -0.39 is 17.7 Å². The Labute approximate surface area is 202 Å². The van der Waals surface area contributed by atoms with E-state index in [4.69, 9.17) is 4.74 Å². The Morgan fingerprint density at radius 3 is 2.49 bits per heavy atom. The third-order valence-corrected chi connectivity index (χ3v) is 6.48. The number of hydrogen-bond donors (Lipinski definition) is 1. The number of aromatic amines is 1. The highest BCUT2D eigenvalue weighted by Crippen LogP contribution is 2.41. The predicted octanol–water partition coefficient (Wildman–Crippen LogP) is 4.14. The number of carbonyl (C=O) groups is 3. The Bertz CT molecular complexity index is 1400. The Morgan fingerprint density at radius 1 is 1.03 bits per heavy atom. The Balaban J connectivity index is 1.71. The van der Waals surface area contributed by atoms with Gasteiger partial charge in [-0.25, -0.2) is 0 Å². The molecular weight excluding hydrogens is 444 g/mol. The number of para-hydroxylation sites is 1. The molecule has 0 bridgehead atoms. The average Bonchev–Trinajstić information content (AvgIpc) is 3.51. The van der Waals surface area contributed by atoms with Crippen LogP contribution in [0.4, 0.5) is 5.69 Å². The number of nitrogens with one attached hydrogen (secondary N) is 1. The lowest BCUT2D eigenvalue weighted by molar-refractivity contribution is -0.137. The molecule has 0 radical (unpaired) electrons. The molecule has 0 spiro atoms. The van der Waals surface area contributed by atoms with Crippen molar-refractivity contribution in [2.24, 2.45) is 11.0 Å². The van der Waals surface area contributed by atoms with Gasteiger partial charge in [-0.3, -0.25) is 19.3 Å². The van der Waals surface area contributed by atoms with Crippen molar-refractivity contribution < 1.29 is 19.1 Å². The number of ether oxygens (including phenoxy) is 1. The molecule has 3 amide bonds. The molecule has 35 heavy (non-hydrogen) atoms. The maximum absolute atomic E-state index is 13.7. The van der Waals surface area contributed by atoms with Gasteiger partial charge in [0, 0.05) is 34.8 Å². The molecule has 8 nitrogen and oxygen atoms in total. The first kappa shape index (κ1) is 22.6. The van der Waals surface area contributed by atoms with E-state index in [1.54, 1.807) is 25.4 Å². The largest absolute Gasteiger partial charge is 0.497 e. The summed E-state index contributed by atoms with van der Waals surface area (Å²) in [6, 6.07) is 14.6. The lowest BCUT2D eigenvalue weighted by Crippen LogP contribution is -2.36. The fourth-order valence-electron chi connectivity index (χ4n) is 4.80. The summed E-state index contributed by atoms with van der Waals surface area (Å²) in [6.07, 6.45) is 2.80. The molecular formula is C27H26N4O4. The van der Waals surface area contributed by atoms with Crippen LogP contribution in [-0.4, -0.2) is 47.0 Å².